The molecule has 0 radical (unpaired) electrons. The number of halogens is 1. The van der Waals surface area contributed by atoms with Gasteiger partial charge in [0.05, 0.1) is 29.6 Å². The molecule has 0 aromatic carbocycles. The first-order chi connectivity index (χ1) is 16.3. The maximum Gasteiger partial charge on any atom is 0.312 e. The Balaban J connectivity index is 1.79. The van der Waals surface area contributed by atoms with Crippen molar-refractivity contribution in [2.45, 2.75) is 93.7 Å². The highest BCUT2D eigenvalue weighted by atomic mass is 35.5. The molecule has 1 aliphatic carbocycles. The number of aliphatic hydroxyl groups excluding tert-OH is 2. The lowest BCUT2D eigenvalue weighted by Gasteiger charge is -2.61. The van der Waals surface area contributed by atoms with Crippen molar-refractivity contribution in [3.63, 3.8) is 0 Å². The van der Waals surface area contributed by atoms with Crippen LogP contribution in [0.1, 0.15) is 40.5 Å². The minimum Gasteiger partial charge on any atom is -0.462 e. The van der Waals surface area contributed by atoms with Crippen LogP contribution in [0.5, 0.6) is 0 Å². The highest BCUT2D eigenvalue weighted by molar-refractivity contribution is 6.23. The third-order valence-electron chi connectivity index (χ3n) is 8.93. The molecule has 4 heterocycles. The maximum atomic E-state index is 12.9. The quantitative estimate of drug-likeness (QED) is 0.177. The van der Waals surface area contributed by atoms with Crippen molar-refractivity contribution in [3.05, 3.63) is 12.2 Å². The van der Waals surface area contributed by atoms with Crippen molar-refractivity contribution in [3.8, 4) is 0 Å². The molecule has 2 spiro atoms. The van der Waals surface area contributed by atoms with Crippen LogP contribution >= 0.6 is 11.6 Å². The van der Waals surface area contributed by atoms with Crippen molar-refractivity contribution >= 4 is 29.5 Å². The van der Waals surface area contributed by atoms with Crippen molar-refractivity contribution < 1.29 is 48.3 Å². The molecule has 12 atom stereocenters. The first-order valence-electron chi connectivity index (χ1n) is 11.9. The molecule has 2 bridgehead atoms. The number of hydrogen-bond donors (Lipinski definition) is 2. The Hall–Kier alpha value is -1.72. The molecule has 0 aromatic heterocycles. The maximum absolute atomic E-state index is 12.9. The number of fused-ring (bicyclic) bond motifs is 3. The lowest BCUT2D eigenvalue weighted by atomic mass is 9.51. The highest BCUT2D eigenvalue weighted by Crippen LogP contribution is 2.64. The summed E-state index contributed by atoms with van der Waals surface area (Å²) in [6.45, 7) is 10.1. The van der Waals surface area contributed by atoms with Gasteiger partial charge < -0.3 is 33.9 Å². The van der Waals surface area contributed by atoms with Gasteiger partial charge in [0, 0.05) is 25.2 Å². The van der Waals surface area contributed by atoms with E-state index in [-0.39, 0.29) is 5.57 Å². The predicted octanol–water partition coefficient (Wildman–Crippen LogP) is 0.633. The van der Waals surface area contributed by atoms with E-state index in [2.05, 4.69) is 6.58 Å². The van der Waals surface area contributed by atoms with Gasteiger partial charge in [-0.1, -0.05) is 13.5 Å². The number of carbonyl (C=O) groups excluding carboxylic acids is 3. The van der Waals surface area contributed by atoms with Gasteiger partial charge >= 0.3 is 17.9 Å². The van der Waals surface area contributed by atoms with Crippen molar-refractivity contribution in [2.75, 3.05) is 6.61 Å². The first-order valence-corrected chi connectivity index (χ1v) is 12.3. The minimum absolute atomic E-state index is 0.224. The van der Waals surface area contributed by atoms with Gasteiger partial charge in [0.1, 0.15) is 24.4 Å². The fourth-order valence-electron chi connectivity index (χ4n) is 7.14. The zero-order valence-corrected chi connectivity index (χ0v) is 20.8. The molecule has 1 saturated carbocycles. The first kappa shape index (κ1) is 25.0. The summed E-state index contributed by atoms with van der Waals surface area (Å²) in [7, 11) is 0. The molecule has 11 heteroatoms. The van der Waals surface area contributed by atoms with Gasteiger partial charge in [0.15, 0.2) is 11.7 Å². The number of rotatable bonds is 2. The second-order valence-corrected chi connectivity index (χ2v) is 11.2. The summed E-state index contributed by atoms with van der Waals surface area (Å²) < 4.78 is 29.7. The molecule has 0 aromatic rings. The van der Waals surface area contributed by atoms with Crippen LogP contribution < -0.4 is 0 Å². The van der Waals surface area contributed by atoms with Crippen LogP contribution in [0.15, 0.2) is 12.2 Å². The Morgan fingerprint density at radius 2 is 1.83 bits per heavy atom. The van der Waals surface area contributed by atoms with Crippen molar-refractivity contribution in [1.29, 1.82) is 0 Å². The number of ether oxygens (including phenoxy) is 5. The monoisotopic (exact) mass is 514 g/mol. The van der Waals surface area contributed by atoms with E-state index in [0.717, 1.165) is 0 Å². The number of aliphatic hydroxyl groups is 2. The van der Waals surface area contributed by atoms with E-state index in [9.17, 15) is 24.6 Å². The molecule has 4 saturated heterocycles. The molecule has 0 amide bonds. The van der Waals surface area contributed by atoms with Gasteiger partial charge in [-0.3, -0.25) is 14.4 Å². The molecule has 5 fully saturated rings. The van der Waals surface area contributed by atoms with E-state index in [1.54, 1.807) is 13.8 Å². The molecule has 10 nitrogen and oxygen atoms in total. The summed E-state index contributed by atoms with van der Waals surface area (Å²) in [5.74, 6) is -3.57. The second kappa shape index (κ2) is 7.89. The normalized spacial score (nSPS) is 52.5. The minimum atomic E-state index is -1.61. The van der Waals surface area contributed by atoms with Crippen LogP contribution in [-0.4, -0.2) is 87.9 Å². The molecule has 194 valence electrons. The Kier molecular flexibility index (Phi) is 5.62. The van der Waals surface area contributed by atoms with Gasteiger partial charge in [-0.25, -0.2) is 0 Å². The van der Waals surface area contributed by atoms with Crippen molar-refractivity contribution in [2.24, 2.45) is 17.3 Å². The number of hydrogen-bond acceptors (Lipinski definition) is 10. The topological polar surface area (TPSA) is 141 Å². The van der Waals surface area contributed by atoms with E-state index < -0.39 is 88.4 Å². The largest absolute Gasteiger partial charge is 0.462 e. The molecule has 2 N–H and O–H groups in total. The molecule has 2 unspecified atom stereocenters. The molecule has 5 aliphatic rings. The van der Waals surface area contributed by atoms with Crippen LogP contribution in [0, 0.1) is 17.3 Å². The predicted molar refractivity (Wildman–Crippen MR) is 118 cm³/mol. The fourth-order valence-corrected chi connectivity index (χ4v) is 7.51. The van der Waals surface area contributed by atoms with Gasteiger partial charge in [0.25, 0.3) is 0 Å². The van der Waals surface area contributed by atoms with Gasteiger partial charge in [-0.05, 0) is 25.3 Å². The van der Waals surface area contributed by atoms with Gasteiger partial charge in [-0.2, -0.15) is 0 Å². The summed E-state index contributed by atoms with van der Waals surface area (Å²) in [6.07, 6.45) is -6.55. The van der Waals surface area contributed by atoms with E-state index in [1.807, 2.05) is 0 Å². The Morgan fingerprint density at radius 1 is 1.20 bits per heavy atom. The third-order valence-corrected chi connectivity index (χ3v) is 9.44. The fraction of sp³-hybridized carbons (Fsp3) is 0.792. The Morgan fingerprint density at radius 3 is 2.40 bits per heavy atom. The lowest BCUT2D eigenvalue weighted by Crippen LogP contribution is -2.76. The number of epoxide rings is 1. The summed E-state index contributed by atoms with van der Waals surface area (Å²) in [5, 5.41) is 22.2. The zero-order valence-electron chi connectivity index (χ0n) is 20.1. The smallest absolute Gasteiger partial charge is 0.312 e. The Labute approximate surface area is 207 Å². The molecular formula is C24H31ClO10. The average Bonchev–Trinajstić information content (AvgIpc) is 3.50. The number of esters is 3. The van der Waals surface area contributed by atoms with E-state index in [1.165, 1.54) is 13.8 Å². The van der Waals surface area contributed by atoms with Crippen LogP contribution in [0.25, 0.3) is 0 Å². The average molecular weight is 515 g/mol. The molecule has 4 aliphatic heterocycles. The summed E-state index contributed by atoms with van der Waals surface area (Å²) in [4.78, 5) is 37.5. The van der Waals surface area contributed by atoms with E-state index in [4.69, 9.17) is 35.3 Å². The van der Waals surface area contributed by atoms with Gasteiger partial charge in [-0.15, -0.1) is 11.6 Å². The van der Waals surface area contributed by atoms with Crippen LogP contribution in [0.3, 0.4) is 0 Å². The summed E-state index contributed by atoms with van der Waals surface area (Å²) in [6, 6.07) is 0. The van der Waals surface area contributed by atoms with E-state index >= 15 is 0 Å². The van der Waals surface area contributed by atoms with E-state index in [0.29, 0.717) is 19.4 Å². The molecular weight excluding hydrogens is 484 g/mol. The second-order valence-electron chi connectivity index (χ2n) is 10.7. The van der Waals surface area contributed by atoms with Crippen LogP contribution in [-0.2, 0) is 38.1 Å². The van der Waals surface area contributed by atoms with Crippen LogP contribution in [0.2, 0.25) is 0 Å². The molecule has 5 rings (SSSR count). The van der Waals surface area contributed by atoms with Crippen LogP contribution in [0.4, 0.5) is 0 Å². The standard InChI is InChI=1S/C24H31ClO10/c1-9-14(25)19-24(10(2)21(30)34-19)20(33-12(4)27)17-22(5,18(29)15(28)16(9)35-24)13(32-11(3)26)6-7-23(17)8-31-23/h10,13-20,28-29H,1,6-8H2,2-5H3/t10?,13-,14-,15+,16+,17+,18-,19-,20-,22-,23?,24-/m0/s1. The number of carbonyl (C=O) groups is 3. The summed E-state index contributed by atoms with van der Waals surface area (Å²) >= 11 is 6.74. The lowest BCUT2D eigenvalue weighted by molar-refractivity contribution is -0.305. The molecule has 35 heavy (non-hydrogen) atoms. The summed E-state index contributed by atoms with van der Waals surface area (Å²) in [5.41, 5.74) is -3.60. The third kappa shape index (κ3) is 3.19. The van der Waals surface area contributed by atoms with Gasteiger partial charge in [0.2, 0.25) is 0 Å². The number of alkyl halides is 1. The Bertz CT molecular complexity index is 979. The SMILES string of the molecule is C=C1[C@H]2O[C@]3(C(C)C(=O)O[C@H]3[C@H]1Cl)[C@@H](OC(C)=O)[C@H]1C3(CC[C@H](OC(C)=O)[C@]1(C)[C@@H](O)[C@@H]2O)CO3. The van der Waals surface area contributed by atoms with Crippen molar-refractivity contribution in [1.82, 2.24) is 0 Å². The highest BCUT2D eigenvalue weighted by Gasteiger charge is 2.79. The zero-order chi connectivity index (χ0) is 25.7.